The quantitative estimate of drug-likeness (QED) is 0.810. The minimum Gasteiger partial charge on any atom is -0.296 e. The van der Waals surface area contributed by atoms with Crippen LogP contribution in [0.15, 0.2) is 6.07 Å². The zero-order valence-electron chi connectivity index (χ0n) is 9.27. The molecule has 0 bridgehead atoms. The van der Waals surface area contributed by atoms with Gasteiger partial charge in [-0.1, -0.05) is 0 Å². The van der Waals surface area contributed by atoms with Crippen LogP contribution >= 0.6 is 12.2 Å². The molecule has 0 radical (unpaired) electrons. The summed E-state index contributed by atoms with van der Waals surface area (Å²) < 4.78 is 4.63. The summed E-state index contributed by atoms with van der Waals surface area (Å²) in [6, 6.07) is 2.55. The Labute approximate surface area is 98.1 Å². The van der Waals surface area contributed by atoms with Crippen molar-refractivity contribution in [2.24, 2.45) is 7.05 Å². The summed E-state index contributed by atoms with van der Waals surface area (Å²) in [7, 11) is 1.93. The zero-order chi connectivity index (χ0) is 11.3. The lowest BCUT2D eigenvalue weighted by molar-refractivity contribution is 0.717. The highest BCUT2D eigenvalue weighted by Gasteiger charge is 2.28. The molecular weight excluding hydrogens is 222 g/mol. The molecule has 1 fully saturated rings. The third-order valence-corrected chi connectivity index (χ3v) is 3.25. The summed E-state index contributed by atoms with van der Waals surface area (Å²) in [6.45, 7) is 2.03. The molecule has 0 amide bonds. The van der Waals surface area contributed by atoms with Gasteiger partial charge in [-0.2, -0.15) is 10.2 Å². The third kappa shape index (κ3) is 1.41. The second kappa shape index (κ2) is 3.28. The average molecular weight is 235 g/mol. The first-order chi connectivity index (χ1) is 7.66. The summed E-state index contributed by atoms with van der Waals surface area (Å²) in [4.78, 5) is 0. The third-order valence-electron chi connectivity index (χ3n) is 2.96. The normalized spacial score (nSPS) is 15.6. The lowest BCUT2D eigenvalue weighted by Crippen LogP contribution is -1.99. The molecule has 6 heteroatoms. The number of hydrogen-bond acceptors (Lipinski definition) is 3. The summed E-state index contributed by atoms with van der Waals surface area (Å²) >= 11 is 5.24. The fourth-order valence-electron chi connectivity index (χ4n) is 1.83. The van der Waals surface area contributed by atoms with Crippen molar-refractivity contribution in [2.75, 3.05) is 0 Å². The van der Waals surface area contributed by atoms with Crippen molar-refractivity contribution in [1.29, 1.82) is 0 Å². The number of H-pyrrole nitrogens is 1. The van der Waals surface area contributed by atoms with Crippen LogP contribution in [-0.2, 0) is 7.05 Å². The molecule has 3 rings (SSSR count). The van der Waals surface area contributed by atoms with Gasteiger partial charge in [0.2, 0.25) is 0 Å². The van der Waals surface area contributed by atoms with Crippen molar-refractivity contribution in [2.45, 2.75) is 25.8 Å². The lowest BCUT2D eigenvalue weighted by Gasteiger charge is -2.00. The molecule has 0 atom stereocenters. The molecule has 1 aliphatic rings. The minimum atomic E-state index is 0.517. The molecule has 1 N–H and O–H groups in total. The van der Waals surface area contributed by atoms with Crippen molar-refractivity contribution in [1.82, 2.24) is 24.5 Å². The maximum absolute atomic E-state index is 5.24. The first kappa shape index (κ1) is 9.77. The molecule has 2 aromatic rings. The van der Waals surface area contributed by atoms with Gasteiger partial charge >= 0.3 is 0 Å². The summed E-state index contributed by atoms with van der Waals surface area (Å²) in [5.74, 6) is 0.858. The highest BCUT2D eigenvalue weighted by Crippen LogP contribution is 2.37. The van der Waals surface area contributed by atoms with Crippen LogP contribution in [-0.4, -0.2) is 24.5 Å². The Morgan fingerprint density at radius 2 is 2.25 bits per heavy atom. The van der Waals surface area contributed by atoms with E-state index < -0.39 is 0 Å². The van der Waals surface area contributed by atoms with Gasteiger partial charge < -0.3 is 0 Å². The molecule has 0 spiro atoms. The van der Waals surface area contributed by atoms with Crippen LogP contribution in [0.5, 0.6) is 0 Å². The second-order valence-electron chi connectivity index (χ2n) is 4.25. The maximum atomic E-state index is 5.24. The highest BCUT2D eigenvalue weighted by atomic mass is 32.1. The average Bonchev–Trinajstić information content (AvgIpc) is 2.93. The number of aryl methyl sites for hydroxylation is 2. The SMILES string of the molecule is Cc1cc(-c2n[nH]c(=S)n2C2CC2)nn1C. The van der Waals surface area contributed by atoms with E-state index in [0.717, 1.165) is 17.2 Å². The van der Waals surface area contributed by atoms with E-state index in [0.29, 0.717) is 10.8 Å². The van der Waals surface area contributed by atoms with E-state index in [-0.39, 0.29) is 0 Å². The van der Waals surface area contributed by atoms with E-state index in [1.165, 1.54) is 12.8 Å². The molecule has 2 aromatic heterocycles. The van der Waals surface area contributed by atoms with Crippen LogP contribution in [0.1, 0.15) is 24.6 Å². The largest absolute Gasteiger partial charge is 0.296 e. The molecule has 1 saturated carbocycles. The van der Waals surface area contributed by atoms with Crippen LogP contribution in [0.4, 0.5) is 0 Å². The van der Waals surface area contributed by atoms with Crippen molar-refractivity contribution in [3.05, 3.63) is 16.5 Å². The topological polar surface area (TPSA) is 51.4 Å². The lowest BCUT2D eigenvalue weighted by atomic mass is 10.3. The number of hydrogen-bond donors (Lipinski definition) is 1. The summed E-state index contributed by atoms with van der Waals surface area (Å²) in [5, 5.41) is 11.6. The molecule has 0 aliphatic heterocycles. The Bertz CT molecular complexity index is 567. The van der Waals surface area contributed by atoms with Gasteiger partial charge in [0.25, 0.3) is 0 Å². The van der Waals surface area contributed by atoms with Gasteiger partial charge in [-0.15, -0.1) is 0 Å². The van der Waals surface area contributed by atoms with Crippen LogP contribution in [0, 0.1) is 11.7 Å². The van der Waals surface area contributed by atoms with Gasteiger partial charge in [0.05, 0.1) is 0 Å². The van der Waals surface area contributed by atoms with E-state index in [1.54, 1.807) is 0 Å². The first-order valence-corrected chi connectivity index (χ1v) is 5.75. The van der Waals surface area contributed by atoms with Crippen LogP contribution < -0.4 is 0 Å². The van der Waals surface area contributed by atoms with E-state index in [1.807, 2.05) is 24.7 Å². The van der Waals surface area contributed by atoms with E-state index in [2.05, 4.69) is 19.9 Å². The van der Waals surface area contributed by atoms with Crippen molar-refractivity contribution in [3.8, 4) is 11.5 Å². The van der Waals surface area contributed by atoms with Crippen molar-refractivity contribution in [3.63, 3.8) is 0 Å². The predicted molar refractivity (Wildman–Crippen MR) is 62.6 cm³/mol. The molecule has 1 aliphatic carbocycles. The van der Waals surface area contributed by atoms with Crippen LogP contribution in [0.2, 0.25) is 0 Å². The number of rotatable bonds is 2. The van der Waals surface area contributed by atoms with Gasteiger partial charge in [-0.3, -0.25) is 14.3 Å². The summed E-state index contributed by atoms with van der Waals surface area (Å²) in [5.41, 5.74) is 2.01. The van der Waals surface area contributed by atoms with Crippen molar-refractivity contribution < 1.29 is 0 Å². The van der Waals surface area contributed by atoms with Gasteiger partial charge in [0.15, 0.2) is 10.6 Å². The molecule has 0 aromatic carbocycles. The number of nitrogens with one attached hydrogen (secondary N) is 1. The predicted octanol–water partition coefficient (Wildman–Crippen LogP) is 1.98. The number of nitrogens with zero attached hydrogens (tertiary/aromatic N) is 4. The fraction of sp³-hybridized carbons (Fsp3) is 0.500. The highest BCUT2D eigenvalue weighted by molar-refractivity contribution is 7.71. The molecular formula is C10H13N5S. The minimum absolute atomic E-state index is 0.517. The monoisotopic (exact) mass is 235 g/mol. The maximum Gasteiger partial charge on any atom is 0.195 e. The van der Waals surface area contributed by atoms with E-state index >= 15 is 0 Å². The summed E-state index contributed by atoms with van der Waals surface area (Å²) in [6.07, 6.45) is 2.37. The van der Waals surface area contributed by atoms with Crippen molar-refractivity contribution >= 4 is 12.2 Å². The smallest absolute Gasteiger partial charge is 0.195 e. The number of aromatic nitrogens is 5. The Morgan fingerprint density at radius 1 is 1.50 bits per heavy atom. The van der Waals surface area contributed by atoms with E-state index in [4.69, 9.17) is 12.2 Å². The van der Waals surface area contributed by atoms with Gasteiger partial charge in [0.1, 0.15) is 5.69 Å². The molecule has 0 unspecified atom stereocenters. The van der Waals surface area contributed by atoms with Gasteiger partial charge in [-0.05, 0) is 38.0 Å². The zero-order valence-corrected chi connectivity index (χ0v) is 10.1. The molecule has 2 heterocycles. The molecule has 84 valence electrons. The van der Waals surface area contributed by atoms with E-state index in [9.17, 15) is 0 Å². The van der Waals surface area contributed by atoms with Crippen LogP contribution in [0.3, 0.4) is 0 Å². The van der Waals surface area contributed by atoms with Gasteiger partial charge in [0, 0.05) is 18.8 Å². The Kier molecular flexibility index (Phi) is 2.00. The Balaban J connectivity index is 2.15. The van der Waals surface area contributed by atoms with Crippen LogP contribution in [0.25, 0.3) is 11.5 Å². The number of aromatic amines is 1. The van der Waals surface area contributed by atoms with Gasteiger partial charge in [-0.25, -0.2) is 0 Å². The standard InChI is InChI=1S/C10H13N5S/c1-6-5-8(13-14(6)2)9-11-12-10(16)15(9)7-3-4-7/h5,7H,3-4H2,1-2H3,(H,12,16). The second-order valence-corrected chi connectivity index (χ2v) is 4.63. The Morgan fingerprint density at radius 3 is 2.81 bits per heavy atom. The fourth-order valence-corrected chi connectivity index (χ4v) is 2.11. The molecule has 0 saturated heterocycles. The molecule has 16 heavy (non-hydrogen) atoms. The Hall–Kier alpha value is -1.43. The molecule has 5 nitrogen and oxygen atoms in total. The first-order valence-electron chi connectivity index (χ1n) is 5.35.